The largest absolute Gasteiger partial charge is 0.346 e. The monoisotopic (exact) mass is 384 g/mol. The zero-order valence-corrected chi connectivity index (χ0v) is 15.1. The average Bonchev–Trinajstić information content (AvgIpc) is 2.71. The number of pyridine rings is 2. The van der Waals surface area contributed by atoms with Gasteiger partial charge in [-0.2, -0.15) is 0 Å². The molecule has 0 bridgehead atoms. The van der Waals surface area contributed by atoms with Gasteiger partial charge in [-0.25, -0.2) is 0 Å². The molecule has 0 aliphatic carbocycles. The second kappa shape index (κ2) is 10.4. The Balaban J connectivity index is 1.67. The van der Waals surface area contributed by atoms with E-state index >= 15 is 0 Å². The van der Waals surface area contributed by atoms with Crippen molar-refractivity contribution in [2.24, 2.45) is 0 Å². The van der Waals surface area contributed by atoms with Crippen LogP contribution >= 0.6 is 0 Å². The van der Waals surface area contributed by atoms with Gasteiger partial charge in [0.15, 0.2) is 0 Å². The maximum Gasteiger partial charge on any atom is 0.253 e. The quantitative estimate of drug-likeness (QED) is 0.482. The number of nitrogens with zero attached hydrogens (tertiary/aromatic N) is 2. The third-order valence-corrected chi connectivity index (χ3v) is 3.48. The van der Waals surface area contributed by atoms with E-state index in [4.69, 9.17) is 0 Å². The van der Waals surface area contributed by atoms with Crippen LogP contribution in [0.1, 0.15) is 17.3 Å². The zero-order valence-electron chi connectivity index (χ0n) is 15.1. The molecule has 0 aromatic carbocycles. The summed E-state index contributed by atoms with van der Waals surface area (Å²) < 4.78 is 0. The predicted molar refractivity (Wildman–Crippen MR) is 100 cm³/mol. The summed E-state index contributed by atoms with van der Waals surface area (Å²) >= 11 is 0. The SMILES string of the molecule is C[C@H](NC(=O)CNC(=O)CNC(=O)c1cccnc1)C(=O)Nc1cccnc1. The van der Waals surface area contributed by atoms with Gasteiger partial charge in [0.1, 0.15) is 6.04 Å². The molecular weight excluding hydrogens is 364 g/mol. The Morgan fingerprint density at radius 3 is 2.25 bits per heavy atom. The van der Waals surface area contributed by atoms with E-state index in [1.54, 1.807) is 30.5 Å². The molecule has 146 valence electrons. The fraction of sp³-hybridized carbons (Fsp3) is 0.222. The molecule has 10 nitrogen and oxygen atoms in total. The number of hydrogen-bond acceptors (Lipinski definition) is 6. The van der Waals surface area contributed by atoms with Crippen molar-refractivity contribution in [1.29, 1.82) is 0 Å². The minimum atomic E-state index is -0.810. The number of carbonyl (C=O) groups excluding carboxylic acids is 4. The van der Waals surface area contributed by atoms with Gasteiger partial charge < -0.3 is 21.3 Å². The van der Waals surface area contributed by atoms with Crippen LogP contribution in [0.4, 0.5) is 5.69 Å². The van der Waals surface area contributed by atoms with Gasteiger partial charge in [-0.05, 0) is 31.2 Å². The van der Waals surface area contributed by atoms with Crippen molar-refractivity contribution in [2.75, 3.05) is 18.4 Å². The van der Waals surface area contributed by atoms with Crippen molar-refractivity contribution < 1.29 is 19.2 Å². The van der Waals surface area contributed by atoms with E-state index in [2.05, 4.69) is 31.2 Å². The predicted octanol–water partition coefficient (Wildman–Crippen LogP) is -0.534. The lowest BCUT2D eigenvalue weighted by atomic mass is 10.3. The van der Waals surface area contributed by atoms with Gasteiger partial charge in [0, 0.05) is 18.6 Å². The maximum absolute atomic E-state index is 12.0. The van der Waals surface area contributed by atoms with E-state index in [-0.39, 0.29) is 13.1 Å². The highest BCUT2D eigenvalue weighted by Gasteiger charge is 2.16. The number of hydrogen-bond donors (Lipinski definition) is 4. The number of carbonyl (C=O) groups is 4. The smallest absolute Gasteiger partial charge is 0.253 e. The third kappa shape index (κ3) is 6.83. The first-order valence-corrected chi connectivity index (χ1v) is 8.41. The summed E-state index contributed by atoms with van der Waals surface area (Å²) in [6, 6.07) is 5.69. The van der Waals surface area contributed by atoms with Crippen molar-refractivity contribution in [1.82, 2.24) is 25.9 Å². The molecule has 2 aromatic heterocycles. The van der Waals surface area contributed by atoms with Crippen LogP contribution in [0.3, 0.4) is 0 Å². The van der Waals surface area contributed by atoms with Crippen molar-refractivity contribution in [3.05, 3.63) is 54.6 Å². The van der Waals surface area contributed by atoms with Crippen molar-refractivity contribution >= 4 is 29.3 Å². The molecule has 4 amide bonds. The van der Waals surface area contributed by atoms with Gasteiger partial charge in [0.25, 0.3) is 5.91 Å². The summed E-state index contributed by atoms with van der Waals surface area (Å²) in [5.74, 6) is -1.95. The van der Waals surface area contributed by atoms with E-state index in [1.807, 2.05) is 0 Å². The van der Waals surface area contributed by atoms with Gasteiger partial charge in [0.05, 0.1) is 30.5 Å². The molecule has 0 saturated carbocycles. The molecule has 2 heterocycles. The van der Waals surface area contributed by atoms with Crippen LogP contribution in [-0.4, -0.2) is 52.7 Å². The maximum atomic E-state index is 12.0. The minimum absolute atomic E-state index is 0.294. The highest BCUT2D eigenvalue weighted by molar-refractivity contribution is 5.98. The summed E-state index contributed by atoms with van der Waals surface area (Å²) in [5, 5.41) is 9.84. The Bertz CT molecular complexity index is 828. The molecule has 0 fully saturated rings. The Labute approximate surface area is 161 Å². The zero-order chi connectivity index (χ0) is 20.4. The molecular formula is C18H20N6O4. The molecule has 0 spiro atoms. The van der Waals surface area contributed by atoms with E-state index < -0.39 is 29.7 Å². The number of rotatable bonds is 8. The number of anilines is 1. The molecule has 0 radical (unpaired) electrons. The van der Waals surface area contributed by atoms with Crippen LogP contribution in [0.2, 0.25) is 0 Å². The van der Waals surface area contributed by atoms with Crippen LogP contribution in [0.25, 0.3) is 0 Å². The van der Waals surface area contributed by atoms with E-state index in [9.17, 15) is 19.2 Å². The highest BCUT2D eigenvalue weighted by atomic mass is 16.2. The molecule has 10 heteroatoms. The first-order valence-electron chi connectivity index (χ1n) is 8.41. The van der Waals surface area contributed by atoms with Gasteiger partial charge in [-0.3, -0.25) is 29.1 Å². The fourth-order valence-corrected chi connectivity index (χ4v) is 2.05. The Morgan fingerprint density at radius 1 is 0.929 bits per heavy atom. The highest BCUT2D eigenvalue weighted by Crippen LogP contribution is 2.03. The fourth-order valence-electron chi connectivity index (χ4n) is 2.05. The molecule has 2 aromatic rings. The summed E-state index contributed by atoms with van der Waals surface area (Å²) in [4.78, 5) is 55.1. The number of nitrogens with one attached hydrogen (secondary N) is 4. The topological polar surface area (TPSA) is 142 Å². The molecule has 0 aliphatic rings. The third-order valence-electron chi connectivity index (χ3n) is 3.48. The van der Waals surface area contributed by atoms with Crippen LogP contribution < -0.4 is 21.3 Å². The molecule has 0 aliphatic heterocycles. The minimum Gasteiger partial charge on any atom is -0.346 e. The van der Waals surface area contributed by atoms with Gasteiger partial charge in [-0.1, -0.05) is 0 Å². The Kier molecular flexibility index (Phi) is 7.58. The van der Waals surface area contributed by atoms with E-state index in [0.29, 0.717) is 11.3 Å². The first-order chi connectivity index (χ1) is 13.5. The molecule has 0 saturated heterocycles. The lowest BCUT2D eigenvalue weighted by Crippen LogP contribution is -2.47. The van der Waals surface area contributed by atoms with Crippen LogP contribution in [-0.2, 0) is 14.4 Å². The molecule has 2 rings (SSSR count). The van der Waals surface area contributed by atoms with Gasteiger partial charge in [0.2, 0.25) is 17.7 Å². The summed E-state index contributed by atoms with van der Waals surface area (Å²) in [7, 11) is 0. The lowest BCUT2D eigenvalue weighted by molar-refractivity contribution is -0.127. The summed E-state index contributed by atoms with van der Waals surface area (Å²) in [6.07, 6.45) is 5.95. The molecule has 28 heavy (non-hydrogen) atoms. The Hall–Kier alpha value is -3.82. The average molecular weight is 384 g/mol. The molecule has 0 unspecified atom stereocenters. The van der Waals surface area contributed by atoms with Crippen molar-refractivity contribution in [3.8, 4) is 0 Å². The Morgan fingerprint density at radius 2 is 1.61 bits per heavy atom. The van der Waals surface area contributed by atoms with E-state index in [0.717, 1.165) is 0 Å². The van der Waals surface area contributed by atoms with Crippen LogP contribution in [0, 0.1) is 0 Å². The van der Waals surface area contributed by atoms with Gasteiger partial charge >= 0.3 is 0 Å². The van der Waals surface area contributed by atoms with Crippen molar-refractivity contribution in [3.63, 3.8) is 0 Å². The second-order valence-corrected chi connectivity index (χ2v) is 5.72. The normalized spacial score (nSPS) is 11.0. The van der Waals surface area contributed by atoms with Gasteiger partial charge in [-0.15, -0.1) is 0 Å². The lowest BCUT2D eigenvalue weighted by Gasteiger charge is -2.14. The summed E-state index contributed by atoms with van der Waals surface area (Å²) in [5.41, 5.74) is 0.827. The molecule has 4 N–H and O–H groups in total. The van der Waals surface area contributed by atoms with Crippen LogP contribution in [0.5, 0.6) is 0 Å². The molecule has 1 atom stereocenters. The van der Waals surface area contributed by atoms with E-state index in [1.165, 1.54) is 25.5 Å². The second-order valence-electron chi connectivity index (χ2n) is 5.72. The standard InChI is InChI=1S/C18H20N6O4/c1-12(17(27)24-14-5-3-7-20-9-14)23-16(26)11-21-15(25)10-22-18(28)13-4-2-6-19-8-13/h2-9,12H,10-11H2,1H3,(H,21,25)(H,22,28)(H,23,26)(H,24,27)/t12-/m0/s1. The van der Waals surface area contributed by atoms with Crippen LogP contribution in [0.15, 0.2) is 49.1 Å². The summed E-state index contributed by atoms with van der Waals surface area (Å²) in [6.45, 7) is 0.893. The first kappa shape index (κ1) is 20.5. The number of amides is 4. The number of aromatic nitrogens is 2. The van der Waals surface area contributed by atoms with Crippen molar-refractivity contribution in [2.45, 2.75) is 13.0 Å².